The van der Waals surface area contributed by atoms with Crippen molar-refractivity contribution in [2.24, 2.45) is 11.8 Å². The maximum atomic E-state index is 10.9. The molecule has 0 spiro atoms. The first kappa shape index (κ1) is 10.5. The molecule has 0 radical (unpaired) electrons. The topological polar surface area (TPSA) is 17.1 Å². The Labute approximate surface area is 81.2 Å². The van der Waals surface area contributed by atoms with Gasteiger partial charge < -0.3 is 0 Å². The Morgan fingerprint density at radius 3 is 2.77 bits per heavy atom. The first-order valence-electron chi connectivity index (χ1n) is 5.42. The Morgan fingerprint density at radius 2 is 2.23 bits per heavy atom. The second-order valence-corrected chi connectivity index (χ2v) is 4.04. The first-order chi connectivity index (χ1) is 6.25. The molecule has 2 atom stereocenters. The zero-order chi connectivity index (χ0) is 9.68. The number of unbranched alkanes of at least 4 members (excludes halogenated alkanes) is 3. The van der Waals surface area contributed by atoms with Gasteiger partial charge in [0, 0.05) is 5.92 Å². The zero-order valence-electron chi connectivity index (χ0n) is 8.75. The van der Waals surface area contributed by atoms with Gasteiger partial charge in [-0.1, -0.05) is 31.9 Å². The minimum atomic E-state index is 0.363. The number of carbonyl (C=O) groups is 1. The molecule has 13 heavy (non-hydrogen) atoms. The van der Waals surface area contributed by atoms with Gasteiger partial charge in [0.15, 0.2) is 0 Å². The largest absolute Gasteiger partial charge is 0.300 e. The van der Waals surface area contributed by atoms with E-state index in [9.17, 15) is 4.79 Å². The van der Waals surface area contributed by atoms with Crippen LogP contribution in [0.5, 0.6) is 0 Å². The smallest absolute Gasteiger partial charge is 0.133 e. The summed E-state index contributed by atoms with van der Waals surface area (Å²) in [5, 5.41) is 0. The highest BCUT2D eigenvalue weighted by atomic mass is 16.1. The van der Waals surface area contributed by atoms with Crippen LogP contribution in [0.3, 0.4) is 0 Å². The van der Waals surface area contributed by atoms with E-state index in [1.165, 1.54) is 25.7 Å². The molecule has 0 saturated heterocycles. The third-order valence-corrected chi connectivity index (χ3v) is 2.72. The fraction of sp³-hybridized carbons (Fsp3) is 0.750. The van der Waals surface area contributed by atoms with Gasteiger partial charge in [0.2, 0.25) is 0 Å². The average Bonchev–Trinajstić information content (AvgIpc) is 2.83. The summed E-state index contributed by atoms with van der Waals surface area (Å²) >= 11 is 0. The molecule has 1 aliphatic rings. The monoisotopic (exact) mass is 180 g/mol. The molecule has 0 aromatic carbocycles. The van der Waals surface area contributed by atoms with Crippen molar-refractivity contribution >= 4 is 5.78 Å². The lowest BCUT2D eigenvalue weighted by Crippen LogP contribution is -1.93. The van der Waals surface area contributed by atoms with Crippen LogP contribution in [0.15, 0.2) is 12.2 Å². The van der Waals surface area contributed by atoms with Crippen LogP contribution in [0.25, 0.3) is 0 Å². The predicted octanol–water partition coefficient (Wildman–Crippen LogP) is 3.35. The number of hydrogen-bond acceptors (Lipinski definition) is 1. The van der Waals surface area contributed by atoms with Crippen molar-refractivity contribution in [1.29, 1.82) is 0 Å². The van der Waals surface area contributed by atoms with Crippen LogP contribution >= 0.6 is 0 Å². The van der Waals surface area contributed by atoms with E-state index in [0.29, 0.717) is 17.6 Å². The molecule has 1 nitrogen and oxygen atoms in total. The number of hydrogen-bond donors (Lipinski definition) is 0. The van der Waals surface area contributed by atoms with Crippen LogP contribution < -0.4 is 0 Å². The summed E-state index contributed by atoms with van der Waals surface area (Å²) in [4.78, 5) is 10.9. The van der Waals surface area contributed by atoms with Gasteiger partial charge in [-0.25, -0.2) is 0 Å². The van der Waals surface area contributed by atoms with Gasteiger partial charge in [0.1, 0.15) is 5.78 Å². The Hall–Kier alpha value is -0.590. The van der Waals surface area contributed by atoms with Crippen LogP contribution in [-0.4, -0.2) is 5.78 Å². The molecule has 0 bridgehead atoms. The summed E-state index contributed by atoms with van der Waals surface area (Å²) in [5.74, 6) is 1.31. The minimum Gasteiger partial charge on any atom is -0.300 e. The van der Waals surface area contributed by atoms with Crippen LogP contribution in [0.2, 0.25) is 0 Å². The standard InChI is InChI=1S/C12H20O/c1-3-4-5-6-7-8-11-9-12(11)10(2)13/h7-8,11-12H,3-6,9H2,1-2H3/b8-7-/t11-,12-/m1/s1. The summed E-state index contributed by atoms with van der Waals surface area (Å²) in [6.07, 6.45) is 10.7. The van der Waals surface area contributed by atoms with Gasteiger partial charge in [0.05, 0.1) is 0 Å². The fourth-order valence-corrected chi connectivity index (χ4v) is 1.68. The van der Waals surface area contributed by atoms with Crippen molar-refractivity contribution in [3.63, 3.8) is 0 Å². The van der Waals surface area contributed by atoms with E-state index in [1.54, 1.807) is 6.92 Å². The van der Waals surface area contributed by atoms with Gasteiger partial charge >= 0.3 is 0 Å². The molecule has 1 aliphatic carbocycles. The molecule has 0 N–H and O–H groups in total. The zero-order valence-corrected chi connectivity index (χ0v) is 8.75. The number of rotatable bonds is 6. The summed E-state index contributed by atoms with van der Waals surface area (Å²) in [6, 6.07) is 0. The third kappa shape index (κ3) is 3.75. The summed E-state index contributed by atoms with van der Waals surface area (Å²) in [6.45, 7) is 3.92. The van der Waals surface area contributed by atoms with Crippen molar-refractivity contribution in [3.05, 3.63) is 12.2 Å². The number of ketones is 1. The maximum Gasteiger partial charge on any atom is 0.133 e. The van der Waals surface area contributed by atoms with E-state index in [2.05, 4.69) is 19.1 Å². The summed E-state index contributed by atoms with van der Waals surface area (Å²) in [5.41, 5.74) is 0. The molecule has 1 heteroatoms. The maximum absolute atomic E-state index is 10.9. The number of allylic oxidation sites excluding steroid dienone is 2. The Morgan fingerprint density at radius 1 is 1.46 bits per heavy atom. The Kier molecular flexibility index (Phi) is 4.20. The fourth-order valence-electron chi connectivity index (χ4n) is 1.68. The number of Topliss-reactive ketones (excluding diaryl/α,β-unsaturated/α-hetero) is 1. The van der Waals surface area contributed by atoms with Gasteiger partial charge in [-0.2, -0.15) is 0 Å². The van der Waals surface area contributed by atoms with E-state index in [1.807, 2.05) is 0 Å². The number of carbonyl (C=O) groups excluding carboxylic acids is 1. The predicted molar refractivity (Wildman–Crippen MR) is 55.6 cm³/mol. The third-order valence-electron chi connectivity index (χ3n) is 2.72. The van der Waals surface area contributed by atoms with Crippen molar-refractivity contribution < 1.29 is 4.79 Å². The molecule has 1 saturated carbocycles. The van der Waals surface area contributed by atoms with E-state index in [4.69, 9.17) is 0 Å². The van der Waals surface area contributed by atoms with Crippen LogP contribution in [0.1, 0.15) is 46.0 Å². The van der Waals surface area contributed by atoms with Crippen molar-refractivity contribution in [1.82, 2.24) is 0 Å². The quantitative estimate of drug-likeness (QED) is 0.452. The molecule has 0 aliphatic heterocycles. The molecule has 1 rings (SSSR count). The van der Waals surface area contributed by atoms with E-state index in [-0.39, 0.29) is 0 Å². The molecule has 0 aromatic rings. The molecule has 74 valence electrons. The molecule has 1 fully saturated rings. The second-order valence-electron chi connectivity index (χ2n) is 4.04. The van der Waals surface area contributed by atoms with E-state index >= 15 is 0 Å². The van der Waals surface area contributed by atoms with Gasteiger partial charge in [-0.05, 0) is 32.1 Å². The molecule has 0 unspecified atom stereocenters. The Balaban J connectivity index is 2.03. The molecule has 0 aromatic heterocycles. The highest BCUT2D eigenvalue weighted by Gasteiger charge is 2.38. The minimum absolute atomic E-state index is 0.363. The summed E-state index contributed by atoms with van der Waals surface area (Å²) in [7, 11) is 0. The second kappa shape index (κ2) is 5.21. The highest BCUT2D eigenvalue weighted by Crippen LogP contribution is 2.40. The van der Waals surface area contributed by atoms with Crippen molar-refractivity contribution in [2.45, 2.75) is 46.0 Å². The van der Waals surface area contributed by atoms with Crippen LogP contribution in [-0.2, 0) is 4.79 Å². The SMILES string of the molecule is CCCCC/C=C\[C@@H]1C[C@@H]1C(C)=O. The van der Waals surface area contributed by atoms with Crippen LogP contribution in [0.4, 0.5) is 0 Å². The lowest BCUT2D eigenvalue weighted by Gasteiger charge is -1.91. The van der Waals surface area contributed by atoms with Crippen LogP contribution in [0, 0.1) is 11.8 Å². The first-order valence-corrected chi connectivity index (χ1v) is 5.42. The summed E-state index contributed by atoms with van der Waals surface area (Å²) < 4.78 is 0. The normalized spacial score (nSPS) is 26.6. The molecular formula is C12H20O. The van der Waals surface area contributed by atoms with Crippen molar-refractivity contribution in [3.8, 4) is 0 Å². The van der Waals surface area contributed by atoms with Gasteiger partial charge in [-0.3, -0.25) is 4.79 Å². The lowest BCUT2D eigenvalue weighted by atomic mass is 10.1. The van der Waals surface area contributed by atoms with Crippen molar-refractivity contribution in [2.75, 3.05) is 0 Å². The molecule has 0 amide bonds. The average molecular weight is 180 g/mol. The van der Waals surface area contributed by atoms with E-state index < -0.39 is 0 Å². The molecular weight excluding hydrogens is 160 g/mol. The van der Waals surface area contributed by atoms with E-state index in [0.717, 1.165) is 6.42 Å². The highest BCUT2D eigenvalue weighted by molar-refractivity contribution is 5.81. The van der Waals surface area contributed by atoms with Gasteiger partial charge in [-0.15, -0.1) is 0 Å². The molecule has 0 heterocycles. The van der Waals surface area contributed by atoms with Gasteiger partial charge in [0.25, 0.3) is 0 Å². The lowest BCUT2D eigenvalue weighted by molar-refractivity contribution is -0.118. The Bertz CT molecular complexity index is 193.